The van der Waals surface area contributed by atoms with E-state index in [2.05, 4.69) is 4.90 Å². The molecule has 152 valence electrons. The Morgan fingerprint density at radius 1 is 1.00 bits per heavy atom. The largest absolute Gasteiger partial charge is 0.488 e. The summed E-state index contributed by atoms with van der Waals surface area (Å²) in [6.07, 6.45) is 3.84. The van der Waals surface area contributed by atoms with Crippen molar-refractivity contribution in [1.29, 1.82) is 0 Å². The minimum Gasteiger partial charge on any atom is -0.488 e. The van der Waals surface area contributed by atoms with Gasteiger partial charge in [0.05, 0.1) is 6.54 Å². The van der Waals surface area contributed by atoms with Crippen molar-refractivity contribution in [3.8, 4) is 5.75 Å². The zero-order valence-corrected chi connectivity index (χ0v) is 16.2. The van der Waals surface area contributed by atoms with Gasteiger partial charge in [0.25, 0.3) is 0 Å². The first-order chi connectivity index (χ1) is 13.6. The maximum Gasteiger partial charge on any atom is 0.408 e. The third-order valence-electron chi connectivity index (χ3n) is 6.27. The summed E-state index contributed by atoms with van der Waals surface area (Å²) in [6.45, 7) is 3.53. The summed E-state index contributed by atoms with van der Waals surface area (Å²) < 4.78 is 5.93. The summed E-state index contributed by atoms with van der Waals surface area (Å²) in [5.74, 6) is 0.633. The first-order valence-corrected chi connectivity index (χ1v) is 10.4. The molecule has 0 bridgehead atoms. The second-order valence-corrected chi connectivity index (χ2v) is 8.04. The highest BCUT2D eigenvalue weighted by molar-refractivity contribution is 5.86. The molecular weight excluding hydrogens is 358 g/mol. The van der Waals surface area contributed by atoms with Crippen LogP contribution in [0, 0.1) is 0 Å². The third kappa shape index (κ3) is 4.09. The van der Waals surface area contributed by atoms with Crippen molar-refractivity contribution < 1.29 is 19.4 Å². The molecule has 4 rings (SSSR count). The molecule has 0 radical (unpaired) electrons. The molecule has 1 aromatic rings. The van der Waals surface area contributed by atoms with E-state index >= 15 is 0 Å². The number of ether oxygens (including phenoxy) is 1. The second kappa shape index (κ2) is 8.39. The van der Waals surface area contributed by atoms with Crippen molar-refractivity contribution in [2.24, 2.45) is 0 Å². The van der Waals surface area contributed by atoms with E-state index in [1.54, 1.807) is 0 Å². The van der Waals surface area contributed by atoms with Gasteiger partial charge in [0, 0.05) is 38.6 Å². The average molecular weight is 387 g/mol. The van der Waals surface area contributed by atoms with Gasteiger partial charge >= 0.3 is 6.09 Å². The Morgan fingerprint density at radius 3 is 2.46 bits per heavy atom. The molecule has 2 heterocycles. The number of benzene rings is 1. The second-order valence-electron chi connectivity index (χ2n) is 8.04. The van der Waals surface area contributed by atoms with E-state index in [0.29, 0.717) is 31.3 Å². The number of amides is 2. The molecule has 1 N–H and O–H groups in total. The fourth-order valence-electron chi connectivity index (χ4n) is 4.51. The maximum atomic E-state index is 13.2. The lowest BCUT2D eigenvalue weighted by molar-refractivity contribution is -0.135. The molecule has 0 aromatic heterocycles. The Bertz CT molecular complexity index is 694. The van der Waals surface area contributed by atoms with Crippen molar-refractivity contribution in [2.75, 3.05) is 32.7 Å². The van der Waals surface area contributed by atoms with Gasteiger partial charge < -0.3 is 14.7 Å². The number of carbonyl (C=O) groups is 2. The SMILES string of the molecule is O=C([C@@H]1CC(Oc2ccccc2)CN1C(=O)O)N1CCCN(C2CCC2)CC1. The van der Waals surface area contributed by atoms with Crippen molar-refractivity contribution in [2.45, 2.75) is 50.3 Å². The Kier molecular flexibility index (Phi) is 5.71. The van der Waals surface area contributed by atoms with Gasteiger partial charge in [-0.2, -0.15) is 0 Å². The Morgan fingerprint density at radius 2 is 1.79 bits per heavy atom. The molecule has 1 unspecified atom stereocenters. The van der Waals surface area contributed by atoms with Gasteiger partial charge in [-0.1, -0.05) is 24.6 Å². The van der Waals surface area contributed by atoms with Gasteiger partial charge in [-0.3, -0.25) is 14.6 Å². The highest BCUT2D eigenvalue weighted by Gasteiger charge is 2.43. The molecule has 3 aliphatic rings. The summed E-state index contributed by atoms with van der Waals surface area (Å²) in [5, 5.41) is 9.62. The minimum absolute atomic E-state index is 0.0722. The van der Waals surface area contributed by atoms with Crippen molar-refractivity contribution in [3.05, 3.63) is 30.3 Å². The predicted octanol–water partition coefficient (Wildman–Crippen LogP) is 2.27. The lowest BCUT2D eigenvalue weighted by Gasteiger charge is -2.36. The van der Waals surface area contributed by atoms with Gasteiger partial charge in [-0.05, 0) is 31.4 Å². The predicted molar refractivity (Wildman–Crippen MR) is 104 cm³/mol. The smallest absolute Gasteiger partial charge is 0.408 e. The van der Waals surface area contributed by atoms with E-state index in [1.807, 2.05) is 35.2 Å². The quantitative estimate of drug-likeness (QED) is 0.858. The molecule has 3 fully saturated rings. The van der Waals surface area contributed by atoms with Gasteiger partial charge in [-0.25, -0.2) is 4.79 Å². The van der Waals surface area contributed by atoms with Crippen LogP contribution < -0.4 is 4.74 Å². The minimum atomic E-state index is -1.05. The van der Waals surface area contributed by atoms with Crippen LogP contribution in [0.2, 0.25) is 0 Å². The van der Waals surface area contributed by atoms with Crippen LogP contribution in [-0.4, -0.2) is 82.7 Å². The van der Waals surface area contributed by atoms with Crippen molar-refractivity contribution in [1.82, 2.24) is 14.7 Å². The number of carboxylic acid groups (broad SMARTS) is 1. The fraction of sp³-hybridized carbons (Fsp3) is 0.619. The van der Waals surface area contributed by atoms with E-state index in [-0.39, 0.29) is 18.6 Å². The fourth-order valence-corrected chi connectivity index (χ4v) is 4.51. The zero-order valence-electron chi connectivity index (χ0n) is 16.2. The molecule has 2 amide bonds. The molecule has 1 aromatic carbocycles. The van der Waals surface area contributed by atoms with Gasteiger partial charge in [0.2, 0.25) is 5.91 Å². The van der Waals surface area contributed by atoms with Crippen LogP contribution in [0.25, 0.3) is 0 Å². The molecule has 2 saturated heterocycles. The monoisotopic (exact) mass is 387 g/mol. The Hall–Kier alpha value is -2.28. The molecule has 1 saturated carbocycles. The number of hydrogen-bond acceptors (Lipinski definition) is 4. The van der Waals surface area contributed by atoms with Crippen LogP contribution in [0.1, 0.15) is 32.1 Å². The highest BCUT2D eigenvalue weighted by atomic mass is 16.5. The first kappa shape index (κ1) is 19.1. The number of carbonyl (C=O) groups excluding carboxylic acids is 1. The lowest BCUT2D eigenvalue weighted by atomic mass is 9.91. The normalized spacial score (nSPS) is 26.6. The molecule has 7 nitrogen and oxygen atoms in total. The number of likely N-dealkylation sites (tertiary alicyclic amines) is 1. The van der Waals surface area contributed by atoms with Gasteiger partial charge in [-0.15, -0.1) is 0 Å². The van der Waals surface area contributed by atoms with E-state index in [9.17, 15) is 14.7 Å². The topological polar surface area (TPSA) is 73.3 Å². The molecular formula is C21H29N3O4. The molecule has 2 atom stereocenters. The highest BCUT2D eigenvalue weighted by Crippen LogP contribution is 2.27. The average Bonchev–Trinajstić information content (AvgIpc) is 2.92. The number of hydrogen-bond donors (Lipinski definition) is 1. The zero-order chi connectivity index (χ0) is 19.5. The Balaban J connectivity index is 1.39. The molecule has 7 heteroatoms. The van der Waals surface area contributed by atoms with Crippen LogP contribution in [-0.2, 0) is 4.79 Å². The summed E-state index contributed by atoms with van der Waals surface area (Å²) in [4.78, 5) is 30.5. The summed E-state index contributed by atoms with van der Waals surface area (Å²) >= 11 is 0. The van der Waals surface area contributed by atoms with Crippen molar-refractivity contribution in [3.63, 3.8) is 0 Å². The number of nitrogens with zero attached hydrogens (tertiary/aromatic N) is 3. The summed E-state index contributed by atoms with van der Waals surface area (Å²) in [6, 6.07) is 9.40. The van der Waals surface area contributed by atoms with Crippen LogP contribution in [0.3, 0.4) is 0 Å². The van der Waals surface area contributed by atoms with Gasteiger partial charge in [0.1, 0.15) is 17.9 Å². The van der Waals surface area contributed by atoms with Crippen LogP contribution in [0.15, 0.2) is 30.3 Å². The summed E-state index contributed by atoms with van der Waals surface area (Å²) in [5.41, 5.74) is 0. The van der Waals surface area contributed by atoms with Crippen molar-refractivity contribution >= 4 is 12.0 Å². The molecule has 1 aliphatic carbocycles. The van der Waals surface area contributed by atoms with Crippen LogP contribution >= 0.6 is 0 Å². The Labute approximate surface area is 165 Å². The summed E-state index contributed by atoms with van der Waals surface area (Å²) in [7, 11) is 0. The lowest BCUT2D eigenvalue weighted by Crippen LogP contribution is -2.49. The van der Waals surface area contributed by atoms with Gasteiger partial charge in [0.15, 0.2) is 0 Å². The molecule has 0 spiro atoms. The van der Waals surface area contributed by atoms with E-state index in [4.69, 9.17) is 4.74 Å². The third-order valence-corrected chi connectivity index (χ3v) is 6.27. The molecule has 2 aliphatic heterocycles. The van der Waals surface area contributed by atoms with E-state index in [0.717, 1.165) is 19.5 Å². The van der Waals surface area contributed by atoms with Crippen LogP contribution in [0.4, 0.5) is 4.79 Å². The number of para-hydroxylation sites is 1. The first-order valence-electron chi connectivity index (χ1n) is 10.4. The standard InChI is InChI=1S/C21H29N3O4/c25-20(23-11-5-10-22(12-13-23)16-6-4-7-16)19-14-18(15-24(19)21(26)27)28-17-8-2-1-3-9-17/h1-3,8-9,16,18-19H,4-7,10-15H2,(H,26,27)/t18?,19-/m0/s1. The van der Waals surface area contributed by atoms with E-state index < -0.39 is 12.1 Å². The maximum absolute atomic E-state index is 13.2. The van der Waals surface area contributed by atoms with E-state index in [1.165, 1.54) is 24.2 Å². The van der Waals surface area contributed by atoms with Crippen LogP contribution in [0.5, 0.6) is 5.75 Å². The number of rotatable bonds is 4. The molecule has 28 heavy (non-hydrogen) atoms.